The van der Waals surface area contributed by atoms with Crippen LogP contribution in [0, 0.1) is 0 Å². The van der Waals surface area contributed by atoms with Crippen molar-refractivity contribution in [3.05, 3.63) is 59.3 Å². The number of nitrogens with zero attached hydrogens (tertiary/aromatic N) is 2. The first-order valence-electron chi connectivity index (χ1n) is 5.56. The smallest absolute Gasteiger partial charge is 0.113 e. The van der Waals surface area contributed by atoms with E-state index in [2.05, 4.69) is 31.2 Å². The maximum atomic E-state index is 4.38. The van der Waals surface area contributed by atoms with E-state index in [1.807, 2.05) is 42.5 Å². The first-order chi connectivity index (χ1) is 8.84. The quantitative estimate of drug-likeness (QED) is 0.773. The maximum Gasteiger partial charge on any atom is 0.113 e. The summed E-state index contributed by atoms with van der Waals surface area (Å²) in [5.74, 6) is 0. The first-order valence-corrected chi connectivity index (χ1v) is 6.35. The van der Waals surface area contributed by atoms with Crippen molar-refractivity contribution in [3.63, 3.8) is 0 Å². The highest BCUT2D eigenvalue weighted by Crippen LogP contribution is 2.28. The molecule has 1 N–H and O–H groups in total. The zero-order valence-corrected chi connectivity index (χ0v) is 11.1. The van der Waals surface area contributed by atoms with Gasteiger partial charge in [0.15, 0.2) is 0 Å². The molecule has 0 fully saturated rings. The highest BCUT2D eigenvalue weighted by molar-refractivity contribution is 9.10. The number of aromatic nitrogens is 2. The molecular weight excluding hydrogens is 290 g/mol. The number of rotatable bonds is 2. The number of fused-ring (bicyclic) bond motifs is 1. The summed E-state index contributed by atoms with van der Waals surface area (Å²) in [6.07, 6.45) is 3.39. The molecule has 1 heterocycles. The molecule has 3 aromatic rings. The lowest BCUT2D eigenvalue weighted by Crippen LogP contribution is -1.94. The molecule has 3 nitrogen and oxygen atoms in total. The third-order valence-electron chi connectivity index (χ3n) is 2.63. The molecule has 0 spiro atoms. The summed E-state index contributed by atoms with van der Waals surface area (Å²) in [4.78, 5) is 8.72. The van der Waals surface area contributed by atoms with Crippen LogP contribution in [0.1, 0.15) is 0 Å². The minimum atomic E-state index is 0.857. The number of benzene rings is 2. The van der Waals surface area contributed by atoms with Gasteiger partial charge in [-0.1, -0.05) is 18.2 Å². The molecule has 0 aliphatic heterocycles. The van der Waals surface area contributed by atoms with Crippen molar-refractivity contribution in [2.24, 2.45) is 0 Å². The van der Waals surface area contributed by atoms with Gasteiger partial charge in [0.1, 0.15) is 11.0 Å². The van der Waals surface area contributed by atoms with Crippen LogP contribution in [0.25, 0.3) is 11.0 Å². The monoisotopic (exact) mass is 299 g/mol. The van der Waals surface area contributed by atoms with Crippen molar-refractivity contribution in [1.82, 2.24) is 9.97 Å². The zero-order valence-electron chi connectivity index (χ0n) is 9.47. The normalized spacial score (nSPS) is 10.5. The van der Waals surface area contributed by atoms with E-state index in [9.17, 15) is 0 Å². The zero-order chi connectivity index (χ0) is 12.4. The number of halogens is 1. The van der Waals surface area contributed by atoms with Crippen LogP contribution in [-0.2, 0) is 0 Å². The Morgan fingerprint density at radius 2 is 1.56 bits per heavy atom. The number of hydrogen-bond acceptors (Lipinski definition) is 3. The Morgan fingerprint density at radius 3 is 2.33 bits per heavy atom. The molecule has 0 amide bonds. The summed E-state index contributed by atoms with van der Waals surface area (Å²) in [6, 6.07) is 14.0. The molecule has 0 saturated heterocycles. The van der Waals surface area contributed by atoms with Gasteiger partial charge in [0.25, 0.3) is 0 Å². The Labute approximate surface area is 113 Å². The van der Waals surface area contributed by atoms with Crippen LogP contribution in [0.2, 0.25) is 0 Å². The molecule has 2 aromatic carbocycles. The predicted octanol–water partition coefficient (Wildman–Crippen LogP) is 4.14. The number of anilines is 2. The average Bonchev–Trinajstić information content (AvgIpc) is 2.44. The Balaban J connectivity index is 2.10. The lowest BCUT2D eigenvalue weighted by atomic mass is 10.2. The van der Waals surface area contributed by atoms with Crippen LogP contribution in [-0.4, -0.2) is 9.97 Å². The molecule has 0 atom stereocenters. The third kappa shape index (κ3) is 2.07. The summed E-state index contributed by atoms with van der Waals surface area (Å²) in [5.41, 5.74) is 3.70. The predicted molar refractivity (Wildman–Crippen MR) is 77.0 cm³/mol. The van der Waals surface area contributed by atoms with Gasteiger partial charge in [-0.05, 0) is 40.2 Å². The fraction of sp³-hybridized carbons (Fsp3) is 0. The molecule has 0 saturated carbocycles. The van der Waals surface area contributed by atoms with Crippen LogP contribution in [0.15, 0.2) is 59.3 Å². The van der Waals surface area contributed by atoms with E-state index in [1.165, 1.54) is 0 Å². The van der Waals surface area contributed by atoms with E-state index in [1.54, 1.807) is 12.4 Å². The third-order valence-corrected chi connectivity index (χ3v) is 3.27. The molecule has 1 aromatic heterocycles. The van der Waals surface area contributed by atoms with Gasteiger partial charge in [-0.3, -0.25) is 9.97 Å². The van der Waals surface area contributed by atoms with Crippen molar-refractivity contribution >= 4 is 38.3 Å². The van der Waals surface area contributed by atoms with Crippen molar-refractivity contribution in [3.8, 4) is 0 Å². The van der Waals surface area contributed by atoms with Gasteiger partial charge in [0.05, 0.1) is 5.69 Å². The largest absolute Gasteiger partial charge is 0.354 e. The molecule has 0 bridgehead atoms. The Kier molecular flexibility index (Phi) is 2.94. The van der Waals surface area contributed by atoms with Crippen molar-refractivity contribution in [2.75, 3.05) is 5.32 Å². The number of nitrogens with one attached hydrogen (secondary N) is 1. The van der Waals surface area contributed by atoms with Gasteiger partial charge in [-0.25, -0.2) is 0 Å². The molecule has 0 radical (unpaired) electrons. The standard InChI is InChI=1S/C14H10BrN3/c15-11-6-7-12(14-13(11)16-8-9-17-14)18-10-4-2-1-3-5-10/h1-9,18H. The first kappa shape index (κ1) is 11.2. The highest BCUT2D eigenvalue weighted by atomic mass is 79.9. The fourth-order valence-electron chi connectivity index (χ4n) is 1.80. The molecule has 3 rings (SSSR count). The van der Waals surface area contributed by atoms with Crippen molar-refractivity contribution in [1.29, 1.82) is 0 Å². The Morgan fingerprint density at radius 1 is 0.833 bits per heavy atom. The van der Waals surface area contributed by atoms with E-state index >= 15 is 0 Å². The van der Waals surface area contributed by atoms with Gasteiger partial charge in [0.2, 0.25) is 0 Å². The maximum absolute atomic E-state index is 4.38. The van der Waals surface area contributed by atoms with Gasteiger partial charge in [-0.2, -0.15) is 0 Å². The van der Waals surface area contributed by atoms with Gasteiger partial charge >= 0.3 is 0 Å². The SMILES string of the molecule is Brc1ccc(Nc2ccccc2)c2nccnc12. The second-order valence-electron chi connectivity index (χ2n) is 3.84. The average molecular weight is 300 g/mol. The molecule has 0 aliphatic rings. The van der Waals surface area contributed by atoms with Crippen molar-refractivity contribution in [2.45, 2.75) is 0 Å². The van der Waals surface area contributed by atoms with Crippen LogP contribution in [0.4, 0.5) is 11.4 Å². The van der Waals surface area contributed by atoms with E-state index < -0.39 is 0 Å². The minimum absolute atomic E-state index is 0.857. The molecule has 4 heteroatoms. The van der Waals surface area contributed by atoms with Crippen LogP contribution < -0.4 is 5.32 Å². The van der Waals surface area contributed by atoms with Gasteiger partial charge in [-0.15, -0.1) is 0 Å². The Hall–Kier alpha value is -1.94. The number of hydrogen-bond donors (Lipinski definition) is 1. The summed E-state index contributed by atoms with van der Waals surface area (Å²) in [6.45, 7) is 0. The van der Waals surface area contributed by atoms with Crippen LogP contribution >= 0.6 is 15.9 Å². The second kappa shape index (κ2) is 4.74. The summed E-state index contributed by atoms with van der Waals surface area (Å²) in [5, 5.41) is 3.35. The lowest BCUT2D eigenvalue weighted by Gasteiger charge is -2.09. The molecule has 0 unspecified atom stereocenters. The van der Waals surface area contributed by atoms with Crippen LogP contribution in [0.3, 0.4) is 0 Å². The summed E-state index contributed by atoms with van der Waals surface area (Å²) < 4.78 is 0.948. The highest BCUT2D eigenvalue weighted by Gasteiger charge is 2.06. The number of para-hydroxylation sites is 1. The minimum Gasteiger partial charge on any atom is -0.354 e. The molecule has 0 aliphatic carbocycles. The van der Waals surface area contributed by atoms with E-state index in [-0.39, 0.29) is 0 Å². The summed E-state index contributed by atoms with van der Waals surface area (Å²) in [7, 11) is 0. The van der Waals surface area contributed by atoms with Crippen LogP contribution in [0.5, 0.6) is 0 Å². The van der Waals surface area contributed by atoms with Gasteiger partial charge < -0.3 is 5.32 Å². The molecular formula is C14H10BrN3. The summed E-state index contributed by atoms with van der Waals surface area (Å²) >= 11 is 3.49. The van der Waals surface area contributed by atoms with E-state index in [4.69, 9.17) is 0 Å². The van der Waals surface area contributed by atoms with E-state index in [0.717, 1.165) is 26.9 Å². The Bertz CT molecular complexity index is 683. The fourth-order valence-corrected chi connectivity index (χ4v) is 2.22. The molecule has 18 heavy (non-hydrogen) atoms. The second-order valence-corrected chi connectivity index (χ2v) is 4.69. The van der Waals surface area contributed by atoms with Crippen molar-refractivity contribution < 1.29 is 0 Å². The van der Waals surface area contributed by atoms with Gasteiger partial charge in [0, 0.05) is 22.6 Å². The molecule has 88 valence electrons. The topological polar surface area (TPSA) is 37.8 Å². The lowest BCUT2D eigenvalue weighted by molar-refractivity contribution is 1.29. The van der Waals surface area contributed by atoms with E-state index in [0.29, 0.717) is 0 Å².